The van der Waals surface area contributed by atoms with Gasteiger partial charge < -0.3 is 9.32 Å². The van der Waals surface area contributed by atoms with Crippen LogP contribution in [0.4, 0.5) is 17.1 Å². The van der Waals surface area contributed by atoms with Gasteiger partial charge in [-0.25, -0.2) is 0 Å². The molecule has 0 fully saturated rings. The van der Waals surface area contributed by atoms with Crippen molar-refractivity contribution in [3.8, 4) is 44.5 Å². The second kappa shape index (κ2) is 14.1. The van der Waals surface area contributed by atoms with E-state index in [1.165, 1.54) is 0 Å². The largest absolute Gasteiger partial charge is 0.455 e. The zero-order chi connectivity index (χ0) is 41.9. The van der Waals surface area contributed by atoms with E-state index in [0.29, 0.717) is 16.9 Å². The van der Waals surface area contributed by atoms with Crippen LogP contribution in [-0.2, 0) is 0 Å². The number of anilines is 3. The summed E-state index contributed by atoms with van der Waals surface area (Å²) in [5, 5.41) is 6.45. The Balaban J connectivity index is 1.09. The Labute approximate surface area is 343 Å². The average molecular weight is 744 g/mol. The monoisotopic (exact) mass is 743 g/mol. The standard InChI is InChI=1S/C56H37NO/c1-2-12-38(13-3-1)39-24-30-46(31-25-39)57(47-32-26-40(27-33-47)43-17-10-18-44(36-43)49-22-11-16-41-14-4-6-19-48(41)49)54-23-9-8-20-50(54)45-29-34-52-53-35-28-42-15-5-7-21-51(42)56(53)58-55(52)37-45/h1-37H/i26D,27D,32D,33D. The van der Waals surface area contributed by atoms with E-state index in [0.717, 1.165) is 76.9 Å². The fourth-order valence-corrected chi connectivity index (χ4v) is 8.29. The van der Waals surface area contributed by atoms with E-state index in [-0.39, 0.29) is 35.4 Å². The van der Waals surface area contributed by atoms with Crippen LogP contribution in [0.5, 0.6) is 0 Å². The Morgan fingerprint density at radius 1 is 0.345 bits per heavy atom. The lowest BCUT2D eigenvalue weighted by Gasteiger charge is -2.28. The lowest BCUT2D eigenvalue weighted by molar-refractivity contribution is 0.673. The molecule has 0 amide bonds. The molecule has 2 nitrogen and oxygen atoms in total. The minimum absolute atomic E-state index is 0.115. The van der Waals surface area contributed by atoms with Gasteiger partial charge in [-0.05, 0) is 110 Å². The summed E-state index contributed by atoms with van der Waals surface area (Å²) in [6.07, 6.45) is 0. The first-order valence-electron chi connectivity index (χ1n) is 21.5. The van der Waals surface area contributed by atoms with Gasteiger partial charge in [0.15, 0.2) is 0 Å². The molecular formula is C56H37NO. The van der Waals surface area contributed by atoms with Crippen LogP contribution in [0.3, 0.4) is 0 Å². The highest BCUT2D eigenvalue weighted by Gasteiger charge is 2.19. The number of rotatable bonds is 7. The molecule has 0 unspecified atom stereocenters. The molecule has 0 saturated carbocycles. The van der Waals surface area contributed by atoms with E-state index in [1.807, 2.05) is 126 Å². The second-order valence-electron chi connectivity index (χ2n) is 14.6. The third-order valence-electron chi connectivity index (χ3n) is 11.1. The van der Waals surface area contributed by atoms with Gasteiger partial charge in [0.05, 0.1) is 11.2 Å². The van der Waals surface area contributed by atoms with Crippen LogP contribution in [-0.4, -0.2) is 0 Å². The van der Waals surface area contributed by atoms with Crippen molar-refractivity contribution in [1.29, 1.82) is 0 Å². The molecule has 0 aliphatic rings. The van der Waals surface area contributed by atoms with Gasteiger partial charge in [0.1, 0.15) is 11.2 Å². The van der Waals surface area contributed by atoms with Crippen LogP contribution in [0.1, 0.15) is 5.48 Å². The van der Waals surface area contributed by atoms with Crippen LogP contribution in [0.2, 0.25) is 0 Å². The molecule has 11 aromatic rings. The van der Waals surface area contributed by atoms with E-state index >= 15 is 0 Å². The van der Waals surface area contributed by atoms with Gasteiger partial charge in [0, 0.05) is 33.1 Å². The van der Waals surface area contributed by atoms with Gasteiger partial charge in [0.25, 0.3) is 0 Å². The lowest BCUT2D eigenvalue weighted by Crippen LogP contribution is -2.11. The molecule has 0 spiro atoms. The molecule has 1 heterocycles. The summed E-state index contributed by atoms with van der Waals surface area (Å²) in [5.74, 6) is 0. The molecule has 0 aliphatic carbocycles. The molecule has 2 heteroatoms. The number of furan rings is 1. The number of hydrogen-bond acceptors (Lipinski definition) is 2. The molecule has 1 aromatic heterocycles. The molecule has 0 atom stereocenters. The van der Waals surface area contributed by atoms with Crippen molar-refractivity contribution < 1.29 is 9.90 Å². The van der Waals surface area contributed by atoms with Crippen LogP contribution < -0.4 is 4.90 Å². The van der Waals surface area contributed by atoms with E-state index in [9.17, 15) is 5.48 Å². The topological polar surface area (TPSA) is 16.4 Å². The fraction of sp³-hybridized carbons (Fsp3) is 0. The maximum absolute atomic E-state index is 9.72. The predicted octanol–water partition coefficient (Wildman–Crippen LogP) is 16.0. The smallest absolute Gasteiger partial charge is 0.143 e. The highest BCUT2D eigenvalue weighted by molar-refractivity contribution is 6.15. The predicted molar refractivity (Wildman–Crippen MR) is 245 cm³/mol. The fourth-order valence-electron chi connectivity index (χ4n) is 8.29. The molecule has 0 bridgehead atoms. The summed E-state index contributed by atoms with van der Waals surface area (Å²) in [5.41, 5.74) is 9.80. The summed E-state index contributed by atoms with van der Waals surface area (Å²) in [7, 11) is 0. The lowest BCUT2D eigenvalue weighted by atomic mass is 9.95. The number of nitrogens with zero attached hydrogens (tertiary/aromatic N) is 1. The Morgan fingerprint density at radius 3 is 1.78 bits per heavy atom. The molecule has 10 aromatic carbocycles. The Morgan fingerprint density at radius 2 is 0.931 bits per heavy atom. The number of para-hydroxylation sites is 1. The number of fused-ring (bicyclic) bond motifs is 6. The zero-order valence-corrected chi connectivity index (χ0v) is 31.4. The first-order chi connectivity index (χ1) is 30.4. The maximum Gasteiger partial charge on any atom is 0.143 e. The van der Waals surface area contributed by atoms with Crippen molar-refractivity contribution >= 4 is 60.5 Å². The highest BCUT2D eigenvalue weighted by atomic mass is 16.3. The van der Waals surface area contributed by atoms with Gasteiger partial charge in [-0.3, -0.25) is 0 Å². The van der Waals surface area contributed by atoms with Gasteiger partial charge in [-0.2, -0.15) is 0 Å². The van der Waals surface area contributed by atoms with Crippen molar-refractivity contribution in [2.75, 3.05) is 4.90 Å². The quantitative estimate of drug-likeness (QED) is 0.162. The van der Waals surface area contributed by atoms with Gasteiger partial charge in [-0.1, -0.05) is 170 Å². The van der Waals surface area contributed by atoms with Crippen molar-refractivity contribution in [2.45, 2.75) is 0 Å². The van der Waals surface area contributed by atoms with Gasteiger partial charge >= 0.3 is 0 Å². The molecular weight excluding hydrogens is 703 g/mol. The average Bonchev–Trinajstić information content (AvgIpc) is 3.71. The summed E-state index contributed by atoms with van der Waals surface area (Å²) in [6, 6.07) is 66.5. The number of benzene rings is 10. The summed E-state index contributed by atoms with van der Waals surface area (Å²) < 4.78 is 45.2. The molecule has 0 aliphatic heterocycles. The SMILES string of the molecule is [2H]c1c([2H])c(N(c2ccc(-c3ccccc3)cc2)c2ccccc2-c2ccc3c(c2)oc2c4ccccc4ccc32)c([2H])c([2H])c1-c1cccc(-c2cccc3ccccc23)c1. The van der Waals surface area contributed by atoms with E-state index in [2.05, 4.69) is 78.9 Å². The van der Waals surface area contributed by atoms with E-state index < -0.39 is 0 Å². The second-order valence-corrected chi connectivity index (χ2v) is 14.6. The molecule has 0 saturated heterocycles. The first kappa shape index (κ1) is 29.6. The normalized spacial score (nSPS) is 12.4. The first-order valence-corrected chi connectivity index (χ1v) is 19.5. The molecule has 0 N–H and O–H groups in total. The molecule has 58 heavy (non-hydrogen) atoms. The summed E-state index contributed by atoms with van der Waals surface area (Å²) in [4.78, 5) is 1.87. The van der Waals surface area contributed by atoms with Gasteiger partial charge in [0.2, 0.25) is 0 Å². The Hall–Kier alpha value is -7.68. The molecule has 272 valence electrons. The summed E-state index contributed by atoms with van der Waals surface area (Å²) >= 11 is 0. The minimum atomic E-state index is -0.141. The third kappa shape index (κ3) is 5.91. The van der Waals surface area contributed by atoms with Crippen molar-refractivity contribution in [1.82, 2.24) is 0 Å². The van der Waals surface area contributed by atoms with Crippen LogP contribution in [0.15, 0.2) is 229 Å². The maximum atomic E-state index is 9.72. The van der Waals surface area contributed by atoms with Crippen molar-refractivity contribution in [2.24, 2.45) is 0 Å². The molecule has 0 radical (unpaired) electrons. The zero-order valence-electron chi connectivity index (χ0n) is 35.4. The summed E-state index contributed by atoms with van der Waals surface area (Å²) in [6.45, 7) is 0. The highest BCUT2D eigenvalue weighted by Crippen LogP contribution is 2.44. The van der Waals surface area contributed by atoms with Crippen LogP contribution in [0, 0.1) is 0 Å². The van der Waals surface area contributed by atoms with E-state index in [4.69, 9.17) is 4.42 Å². The van der Waals surface area contributed by atoms with E-state index in [1.54, 1.807) is 0 Å². The van der Waals surface area contributed by atoms with Crippen LogP contribution >= 0.6 is 0 Å². The Bertz CT molecular complexity index is 3490. The van der Waals surface area contributed by atoms with Crippen molar-refractivity contribution in [3.05, 3.63) is 224 Å². The van der Waals surface area contributed by atoms with Gasteiger partial charge in [-0.15, -0.1) is 0 Å². The number of hydrogen-bond donors (Lipinski definition) is 0. The minimum Gasteiger partial charge on any atom is -0.455 e. The van der Waals surface area contributed by atoms with Crippen molar-refractivity contribution in [3.63, 3.8) is 0 Å². The Kier molecular flexibility index (Phi) is 7.20. The third-order valence-corrected chi connectivity index (χ3v) is 11.1. The van der Waals surface area contributed by atoms with Crippen LogP contribution in [0.25, 0.3) is 88.0 Å². The molecule has 11 rings (SSSR count).